The molecule has 1 aliphatic heterocycles. The second kappa shape index (κ2) is 5.39. The van der Waals surface area contributed by atoms with Crippen molar-refractivity contribution in [3.8, 4) is 0 Å². The number of aliphatic carboxylic acids is 1. The fraction of sp³-hybridized carbons (Fsp3) is 0.857. The van der Waals surface area contributed by atoms with Crippen LogP contribution >= 0.6 is 0 Å². The summed E-state index contributed by atoms with van der Waals surface area (Å²) in [6, 6.07) is -0.313. The SMILES string of the molecule is CCC1(CNC(=O)N2CCC(C(=O)O)C2C)CCC1. The highest BCUT2D eigenvalue weighted by Crippen LogP contribution is 2.43. The van der Waals surface area contributed by atoms with Crippen LogP contribution in [0, 0.1) is 11.3 Å². The maximum atomic E-state index is 12.1. The molecule has 1 heterocycles. The molecule has 0 spiro atoms. The normalized spacial score (nSPS) is 28.8. The lowest BCUT2D eigenvalue weighted by Crippen LogP contribution is -2.48. The predicted octanol–water partition coefficient (Wildman–Crippen LogP) is 2.07. The van der Waals surface area contributed by atoms with Crippen LogP contribution in [-0.2, 0) is 4.79 Å². The van der Waals surface area contributed by atoms with Crippen molar-refractivity contribution in [2.45, 2.75) is 52.0 Å². The highest BCUT2D eigenvalue weighted by molar-refractivity contribution is 5.78. The zero-order valence-electron chi connectivity index (χ0n) is 11.8. The average Bonchev–Trinajstić information content (AvgIpc) is 2.70. The molecule has 1 saturated heterocycles. The first-order valence-electron chi connectivity index (χ1n) is 7.26. The summed E-state index contributed by atoms with van der Waals surface area (Å²) >= 11 is 0. The van der Waals surface area contributed by atoms with Crippen LogP contribution in [0.25, 0.3) is 0 Å². The fourth-order valence-electron chi connectivity index (χ4n) is 3.25. The summed E-state index contributed by atoms with van der Waals surface area (Å²) in [5.41, 5.74) is 0.296. The Labute approximate surface area is 114 Å². The van der Waals surface area contributed by atoms with Gasteiger partial charge in [0.05, 0.1) is 5.92 Å². The molecule has 1 aliphatic carbocycles. The molecule has 0 aromatic carbocycles. The van der Waals surface area contributed by atoms with Gasteiger partial charge in [0.25, 0.3) is 0 Å². The molecule has 5 nitrogen and oxygen atoms in total. The number of carbonyl (C=O) groups is 2. The average molecular weight is 268 g/mol. The third-order valence-electron chi connectivity index (χ3n) is 5.11. The zero-order chi connectivity index (χ0) is 14.0. The lowest BCUT2D eigenvalue weighted by atomic mass is 9.67. The Morgan fingerprint density at radius 3 is 2.53 bits per heavy atom. The van der Waals surface area contributed by atoms with E-state index >= 15 is 0 Å². The maximum Gasteiger partial charge on any atom is 0.317 e. The number of likely N-dealkylation sites (tertiary alicyclic amines) is 1. The molecule has 2 amide bonds. The van der Waals surface area contributed by atoms with Crippen LogP contribution < -0.4 is 5.32 Å². The van der Waals surface area contributed by atoms with Gasteiger partial charge in [-0.25, -0.2) is 4.79 Å². The highest BCUT2D eigenvalue weighted by Gasteiger charge is 2.40. The Kier molecular flexibility index (Phi) is 4.02. The van der Waals surface area contributed by atoms with E-state index in [0.717, 1.165) is 13.0 Å². The van der Waals surface area contributed by atoms with Gasteiger partial charge >= 0.3 is 12.0 Å². The molecular formula is C14H24N2O3. The van der Waals surface area contributed by atoms with Crippen LogP contribution in [0.1, 0.15) is 46.0 Å². The predicted molar refractivity (Wildman–Crippen MR) is 71.9 cm³/mol. The van der Waals surface area contributed by atoms with E-state index in [1.807, 2.05) is 6.92 Å². The lowest BCUT2D eigenvalue weighted by molar-refractivity contribution is -0.142. The molecule has 0 aromatic rings. The molecular weight excluding hydrogens is 244 g/mol. The van der Waals surface area contributed by atoms with E-state index in [0.29, 0.717) is 18.4 Å². The summed E-state index contributed by atoms with van der Waals surface area (Å²) < 4.78 is 0. The van der Waals surface area contributed by atoms with Crippen LogP contribution in [-0.4, -0.2) is 41.1 Å². The largest absolute Gasteiger partial charge is 0.481 e. The molecule has 5 heteroatoms. The first-order chi connectivity index (χ1) is 8.99. The minimum Gasteiger partial charge on any atom is -0.481 e. The van der Waals surface area contributed by atoms with Crippen molar-refractivity contribution in [3.05, 3.63) is 0 Å². The standard InChI is InChI=1S/C14H24N2O3/c1-3-14(6-4-7-14)9-15-13(19)16-8-5-11(10(16)2)12(17)18/h10-11H,3-9H2,1-2H3,(H,15,19)(H,17,18). The second-order valence-electron chi connectivity index (χ2n) is 6.03. The smallest absolute Gasteiger partial charge is 0.317 e. The van der Waals surface area contributed by atoms with Gasteiger partial charge in [-0.15, -0.1) is 0 Å². The summed E-state index contributed by atoms with van der Waals surface area (Å²) in [5.74, 6) is -1.22. The number of nitrogens with zero attached hydrogens (tertiary/aromatic N) is 1. The molecule has 1 saturated carbocycles. The third-order valence-corrected chi connectivity index (χ3v) is 5.11. The second-order valence-corrected chi connectivity index (χ2v) is 6.03. The number of hydrogen-bond donors (Lipinski definition) is 2. The van der Waals surface area contributed by atoms with Crippen molar-refractivity contribution in [1.29, 1.82) is 0 Å². The minimum atomic E-state index is -0.799. The van der Waals surface area contributed by atoms with Crippen LogP contribution in [0.5, 0.6) is 0 Å². The molecule has 2 unspecified atom stereocenters. The van der Waals surface area contributed by atoms with Gasteiger partial charge in [-0.2, -0.15) is 0 Å². The number of rotatable bonds is 4. The topological polar surface area (TPSA) is 69.6 Å². The number of hydrogen-bond acceptors (Lipinski definition) is 2. The van der Waals surface area contributed by atoms with Crippen molar-refractivity contribution in [3.63, 3.8) is 0 Å². The Morgan fingerprint density at radius 2 is 2.11 bits per heavy atom. The van der Waals surface area contributed by atoms with Gasteiger partial charge in [-0.05, 0) is 38.0 Å². The number of urea groups is 1. The Bertz CT molecular complexity index is 360. The molecule has 0 aromatic heterocycles. The molecule has 2 atom stereocenters. The summed E-state index contributed by atoms with van der Waals surface area (Å²) in [6.45, 7) is 5.26. The summed E-state index contributed by atoms with van der Waals surface area (Å²) in [5, 5.41) is 12.1. The quantitative estimate of drug-likeness (QED) is 0.820. The monoisotopic (exact) mass is 268 g/mol. The van der Waals surface area contributed by atoms with Crippen LogP contribution in [0.3, 0.4) is 0 Å². The number of carboxylic acid groups (broad SMARTS) is 1. The van der Waals surface area contributed by atoms with Crippen molar-refractivity contribution < 1.29 is 14.7 Å². The van der Waals surface area contributed by atoms with E-state index in [1.54, 1.807) is 4.90 Å². The minimum absolute atomic E-state index is 0.101. The van der Waals surface area contributed by atoms with Crippen molar-refractivity contribution in [1.82, 2.24) is 10.2 Å². The molecule has 19 heavy (non-hydrogen) atoms. The summed E-state index contributed by atoms with van der Waals surface area (Å²) in [4.78, 5) is 24.9. The number of carboxylic acids is 1. The van der Waals surface area contributed by atoms with Gasteiger partial charge in [0.15, 0.2) is 0 Å². The highest BCUT2D eigenvalue weighted by atomic mass is 16.4. The van der Waals surface area contributed by atoms with Crippen LogP contribution in [0.15, 0.2) is 0 Å². The van der Waals surface area contributed by atoms with E-state index in [9.17, 15) is 9.59 Å². The molecule has 108 valence electrons. The van der Waals surface area contributed by atoms with E-state index < -0.39 is 11.9 Å². The van der Waals surface area contributed by atoms with Gasteiger partial charge in [-0.1, -0.05) is 13.3 Å². The van der Waals surface area contributed by atoms with Crippen molar-refractivity contribution in [2.24, 2.45) is 11.3 Å². The van der Waals surface area contributed by atoms with Gasteiger partial charge < -0.3 is 15.3 Å². The molecule has 2 aliphatic rings. The van der Waals surface area contributed by atoms with Gasteiger partial charge in [0.2, 0.25) is 0 Å². The Morgan fingerprint density at radius 1 is 1.42 bits per heavy atom. The van der Waals surface area contributed by atoms with Gasteiger partial charge in [0, 0.05) is 19.1 Å². The molecule has 2 fully saturated rings. The molecule has 2 rings (SSSR count). The summed E-state index contributed by atoms with van der Waals surface area (Å²) in [7, 11) is 0. The molecule has 0 radical (unpaired) electrons. The van der Waals surface area contributed by atoms with E-state index in [2.05, 4.69) is 12.2 Å². The van der Waals surface area contributed by atoms with Crippen LogP contribution in [0.4, 0.5) is 4.79 Å². The first kappa shape index (κ1) is 14.2. The number of amides is 2. The molecule has 2 N–H and O–H groups in total. The van der Waals surface area contributed by atoms with E-state index in [-0.39, 0.29) is 12.1 Å². The first-order valence-corrected chi connectivity index (χ1v) is 7.26. The summed E-state index contributed by atoms with van der Waals surface area (Å²) in [6.07, 6.45) is 5.29. The van der Waals surface area contributed by atoms with Gasteiger partial charge in [0.1, 0.15) is 0 Å². The van der Waals surface area contributed by atoms with Crippen molar-refractivity contribution in [2.75, 3.05) is 13.1 Å². The van der Waals surface area contributed by atoms with Crippen molar-refractivity contribution >= 4 is 12.0 Å². The number of nitrogens with one attached hydrogen (secondary N) is 1. The van der Waals surface area contributed by atoms with E-state index in [4.69, 9.17) is 5.11 Å². The third kappa shape index (κ3) is 2.69. The van der Waals surface area contributed by atoms with Gasteiger partial charge in [-0.3, -0.25) is 4.79 Å². The Hall–Kier alpha value is -1.26. The van der Waals surface area contributed by atoms with Crippen LogP contribution in [0.2, 0.25) is 0 Å². The zero-order valence-corrected chi connectivity index (χ0v) is 11.8. The molecule has 0 bridgehead atoms. The maximum absolute atomic E-state index is 12.1. The lowest BCUT2D eigenvalue weighted by Gasteiger charge is -2.41. The Balaban J connectivity index is 1.85. The fourth-order valence-corrected chi connectivity index (χ4v) is 3.25. The number of carbonyl (C=O) groups excluding carboxylic acids is 1. The van der Waals surface area contributed by atoms with E-state index in [1.165, 1.54) is 19.3 Å².